The molecule has 0 unspecified atom stereocenters. The fraction of sp³-hybridized carbons (Fsp3) is 0. The standard InChI is InChI=1S/C10H3Br3Cl2N2/c11-5-2-1-4(3-6(5)12)10-16-8(14)7(13)9(15)17-10/h1-3H. The second-order valence-electron chi connectivity index (χ2n) is 3.07. The minimum Gasteiger partial charge on any atom is -0.215 e. The molecule has 0 aliphatic carbocycles. The third-order valence-corrected chi connectivity index (χ3v) is 5.58. The fourth-order valence-corrected chi connectivity index (χ4v) is 2.35. The third-order valence-electron chi connectivity index (χ3n) is 1.95. The Morgan fingerprint density at radius 2 is 1.47 bits per heavy atom. The van der Waals surface area contributed by atoms with Crippen LogP contribution in [0.1, 0.15) is 0 Å². The highest BCUT2D eigenvalue weighted by Gasteiger charge is 2.11. The van der Waals surface area contributed by atoms with Crippen LogP contribution in [0, 0.1) is 0 Å². The fourth-order valence-electron chi connectivity index (χ4n) is 1.16. The molecule has 0 aliphatic rings. The molecule has 0 amide bonds. The Labute approximate surface area is 133 Å². The van der Waals surface area contributed by atoms with Gasteiger partial charge in [-0.25, -0.2) is 9.97 Å². The van der Waals surface area contributed by atoms with Crippen LogP contribution >= 0.6 is 71.0 Å². The molecule has 0 radical (unpaired) electrons. The van der Waals surface area contributed by atoms with Crippen molar-refractivity contribution >= 4 is 71.0 Å². The van der Waals surface area contributed by atoms with Gasteiger partial charge in [0, 0.05) is 14.5 Å². The molecule has 2 rings (SSSR count). The average Bonchev–Trinajstić information content (AvgIpc) is 2.29. The first-order chi connectivity index (χ1) is 7.99. The molecule has 1 aromatic carbocycles. The van der Waals surface area contributed by atoms with Crippen LogP contribution in [0.5, 0.6) is 0 Å². The summed E-state index contributed by atoms with van der Waals surface area (Å²) >= 11 is 21.9. The van der Waals surface area contributed by atoms with Crippen molar-refractivity contribution in [2.45, 2.75) is 0 Å². The van der Waals surface area contributed by atoms with E-state index >= 15 is 0 Å². The van der Waals surface area contributed by atoms with E-state index in [1.54, 1.807) is 0 Å². The molecule has 1 aromatic heterocycles. The quantitative estimate of drug-likeness (QED) is 0.506. The van der Waals surface area contributed by atoms with Gasteiger partial charge in [-0.2, -0.15) is 0 Å². The van der Waals surface area contributed by atoms with E-state index in [-0.39, 0.29) is 0 Å². The number of rotatable bonds is 1. The molecule has 17 heavy (non-hydrogen) atoms. The van der Waals surface area contributed by atoms with Gasteiger partial charge in [-0.05, 0) is 66.0 Å². The van der Waals surface area contributed by atoms with Crippen molar-refractivity contribution < 1.29 is 0 Å². The normalized spacial score (nSPS) is 10.6. The molecule has 88 valence electrons. The zero-order chi connectivity index (χ0) is 12.6. The van der Waals surface area contributed by atoms with Crippen LogP contribution in [0.4, 0.5) is 0 Å². The molecular weight excluding hydrogens is 459 g/mol. The van der Waals surface area contributed by atoms with Gasteiger partial charge in [-0.3, -0.25) is 0 Å². The zero-order valence-electron chi connectivity index (χ0n) is 8.02. The summed E-state index contributed by atoms with van der Waals surface area (Å²) in [5.74, 6) is 0.483. The van der Waals surface area contributed by atoms with Gasteiger partial charge in [0.2, 0.25) is 0 Å². The van der Waals surface area contributed by atoms with Crippen molar-refractivity contribution in [3.8, 4) is 11.4 Å². The van der Waals surface area contributed by atoms with E-state index in [0.717, 1.165) is 14.5 Å². The minimum atomic E-state index is 0.291. The van der Waals surface area contributed by atoms with Gasteiger partial charge >= 0.3 is 0 Å². The first kappa shape index (κ1) is 13.7. The van der Waals surface area contributed by atoms with Crippen molar-refractivity contribution in [2.75, 3.05) is 0 Å². The molecular formula is C10H3Br3Cl2N2. The lowest BCUT2D eigenvalue weighted by molar-refractivity contribution is 1.16. The Bertz CT molecular complexity index is 567. The summed E-state index contributed by atoms with van der Waals surface area (Å²) in [5, 5.41) is 0.582. The second kappa shape index (κ2) is 5.53. The predicted octanol–water partition coefficient (Wildman–Crippen LogP) is 5.74. The monoisotopic (exact) mass is 458 g/mol. The maximum Gasteiger partial charge on any atom is 0.162 e. The highest BCUT2D eigenvalue weighted by molar-refractivity contribution is 9.13. The Morgan fingerprint density at radius 3 is 2.00 bits per heavy atom. The van der Waals surface area contributed by atoms with E-state index in [9.17, 15) is 0 Å². The first-order valence-corrected chi connectivity index (χ1v) is 7.46. The maximum absolute atomic E-state index is 5.94. The zero-order valence-corrected chi connectivity index (χ0v) is 14.3. The highest BCUT2D eigenvalue weighted by Crippen LogP contribution is 2.32. The van der Waals surface area contributed by atoms with Gasteiger partial charge in [0.25, 0.3) is 0 Å². The molecule has 0 fully saturated rings. The second-order valence-corrected chi connectivity index (χ2v) is 6.29. The molecule has 0 aliphatic heterocycles. The summed E-state index contributed by atoms with van der Waals surface area (Å²) in [5.41, 5.74) is 0.830. The van der Waals surface area contributed by atoms with Crippen molar-refractivity contribution in [2.24, 2.45) is 0 Å². The van der Waals surface area contributed by atoms with E-state index in [0.29, 0.717) is 20.6 Å². The number of benzene rings is 1. The number of halogens is 5. The van der Waals surface area contributed by atoms with Crippen LogP contribution in [0.2, 0.25) is 10.3 Å². The van der Waals surface area contributed by atoms with Gasteiger partial charge in [0.1, 0.15) is 10.3 Å². The lowest BCUT2D eigenvalue weighted by Crippen LogP contribution is -1.92. The molecule has 0 saturated heterocycles. The Kier molecular flexibility index (Phi) is 4.47. The topological polar surface area (TPSA) is 25.8 Å². The molecule has 2 nitrogen and oxygen atoms in total. The Balaban J connectivity index is 2.57. The average molecular weight is 462 g/mol. The summed E-state index contributed by atoms with van der Waals surface area (Å²) in [6.45, 7) is 0. The minimum absolute atomic E-state index is 0.291. The summed E-state index contributed by atoms with van der Waals surface area (Å²) in [6.07, 6.45) is 0. The van der Waals surface area contributed by atoms with Crippen LogP contribution in [-0.2, 0) is 0 Å². The lowest BCUT2D eigenvalue weighted by atomic mass is 10.2. The van der Waals surface area contributed by atoms with Crippen molar-refractivity contribution in [1.82, 2.24) is 9.97 Å². The van der Waals surface area contributed by atoms with Crippen LogP contribution < -0.4 is 0 Å². The molecule has 2 aromatic rings. The van der Waals surface area contributed by atoms with E-state index in [2.05, 4.69) is 57.8 Å². The number of nitrogens with zero attached hydrogens (tertiary/aromatic N) is 2. The summed E-state index contributed by atoms with van der Waals surface area (Å²) < 4.78 is 2.37. The molecule has 0 saturated carbocycles. The smallest absolute Gasteiger partial charge is 0.162 e. The first-order valence-electron chi connectivity index (χ1n) is 4.33. The van der Waals surface area contributed by atoms with E-state index in [1.807, 2.05) is 18.2 Å². The van der Waals surface area contributed by atoms with Gasteiger partial charge in [-0.1, -0.05) is 23.2 Å². The van der Waals surface area contributed by atoms with Crippen LogP contribution in [0.3, 0.4) is 0 Å². The molecule has 0 N–H and O–H groups in total. The van der Waals surface area contributed by atoms with Crippen molar-refractivity contribution in [3.05, 3.63) is 41.9 Å². The number of hydrogen-bond donors (Lipinski definition) is 0. The molecule has 0 atom stereocenters. The van der Waals surface area contributed by atoms with Gasteiger partial charge in [-0.15, -0.1) is 0 Å². The number of hydrogen-bond acceptors (Lipinski definition) is 2. The van der Waals surface area contributed by atoms with E-state index in [1.165, 1.54) is 0 Å². The molecule has 0 bridgehead atoms. The van der Waals surface area contributed by atoms with Crippen LogP contribution in [0.15, 0.2) is 31.6 Å². The SMILES string of the molecule is Clc1nc(-c2ccc(Br)c(Br)c2)nc(Cl)c1Br. The summed E-state index contributed by atoms with van der Waals surface area (Å²) in [7, 11) is 0. The van der Waals surface area contributed by atoms with Gasteiger partial charge in [0.05, 0.1) is 4.47 Å². The lowest BCUT2D eigenvalue weighted by Gasteiger charge is -2.05. The Morgan fingerprint density at radius 1 is 0.882 bits per heavy atom. The van der Waals surface area contributed by atoms with E-state index < -0.39 is 0 Å². The van der Waals surface area contributed by atoms with Crippen LogP contribution in [0.25, 0.3) is 11.4 Å². The maximum atomic E-state index is 5.94. The number of aromatic nitrogens is 2. The largest absolute Gasteiger partial charge is 0.215 e. The van der Waals surface area contributed by atoms with Crippen molar-refractivity contribution in [3.63, 3.8) is 0 Å². The van der Waals surface area contributed by atoms with Crippen molar-refractivity contribution in [1.29, 1.82) is 0 Å². The third kappa shape index (κ3) is 3.01. The Hall–Kier alpha value is 0.320. The summed E-state index contributed by atoms with van der Waals surface area (Å²) in [6, 6.07) is 5.66. The molecule has 0 spiro atoms. The highest BCUT2D eigenvalue weighted by atomic mass is 79.9. The molecule has 7 heteroatoms. The van der Waals surface area contributed by atoms with Gasteiger partial charge in [0.15, 0.2) is 5.82 Å². The van der Waals surface area contributed by atoms with E-state index in [4.69, 9.17) is 23.2 Å². The molecule has 1 heterocycles. The van der Waals surface area contributed by atoms with Crippen LogP contribution in [-0.4, -0.2) is 9.97 Å². The summed E-state index contributed by atoms with van der Waals surface area (Å²) in [4.78, 5) is 8.32. The predicted molar refractivity (Wildman–Crippen MR) is 80.6 cm³/mol. The van der Waals surface area contributed by atoms with Gasteiger partial charge < -0.3 is 0 Å².